The van der Waals surface area contributed by atoms with Crippen LogP contribution < -0.4 is 10.6 Å². The van der Waals surface area contributed by atoms with Crippen LogP contribution in [-0.4, -0.2) is 21.5 Å². The molecule has 0 unspecified atom stereocenters. The van der Waals surface area contributed by atoms with Crippen LogP contribution >= 0.6 is 0 Å². The third-order valence-corrected chi connectivity index (χ3v) is 3.37. The number of hydrogen-bond acceptors (Lipinski definition) is 4. The van der Waals surface area contributed by atoms with Crippen molar-refractivity contribution in [2.75, 3.05) is 10.6 Å². The maximum Gasteiger partial charge on any atom is 0.412 e. The van der Waals surface area contributed by atoms with Crippen LogP contribution in [0.2, 0.25) is 0 Å². The Hall–Kier alpha value is -2.50. The number of nitrogens with one attached hydrogen (secondary N) is 2. The molecule has 0 fully saturated rings. The van der Waals surface area contributed by atoms with Crippen molar-refractivity contribution < 1.29 is 9.53 Å². The average molecular weight is 344 g/mol. The van der Waals surface area contributed by atoms with Gasteiger partial charge < -0.3 is 10.1 Å². The normalized spacial score (nSPS) is 11.9. The SMILES string of the molecule is CC(C)(C)OC(=O)Nc1ccccc1NCc1cnn(C(C)(C)C)c1. The zero-order valence-electron chi connectivity index (χ0n) is 15.9. The topological polar surface area (TPSA) is 68.2 Å². The molecule has 6 heteroatoms. The van der Waals surface area contributed by atoms with Crippen LogP contribution in [0.5, 0.6) is 0 Å². The van der Waals surface area contributed by atoms with Gasteiger partial charge in [-0.3, -0.25) is 10.00 Å². The number of hydrogen-bond donors (Lipinski definition) is 2. The first-order valence-electron chi connectivity index (χ1n) is 8.41. The minimum absolute atomic E-state index is 0.0472. The number of anilines is 2. The molecular weight excluding hydrogens is 316 g/mol. The van der Waals surface area contributed by atoms with E-state index in [9.17, 15) is 4.79 Å². The number of ether oxygens (including phenoxy) is 1. The Balaban J connectivity index is 2.03. The predicted molar refractivity (Wildman–Crippen MR) is 101 cm³/mol. The van der Waals surface area contributed by atoms with E-state index in [0.717, 1.165) is 11.3 Å². The Bertz CT molecular complexity index is 724. The lowest BCUT2D eigenvalue weighted by atomic mass is 10.1. The largest absolute Gasteiger partial charge is 0.444 e. The number of nitrogens with zero attached hydrogens (tertiary/aromatic N) is 2. The molecule has 1 heterocycles. The van der Waals surface area contributed by atoms with Crippen molar-refractivity contribution in [1.29, 1.82) is 0 Å². The highest BCUT2D eigenvalue weighted by molar-refractivity contribution is 5.89. The number of aromatic nitrogens is 2. The van der Waals surface area contributed by atoms with Crippen molar-refractivity contribution in [2.45, 2.75) is 59.2 Å². The van der Waals surface area contributed by atoms with Crippen molar-refractivity contribution >= 4 is 17.5 Å². The van der Waals surface area contributed by atoms with Crippen LogP contribution in [0.1, 0.15) is 47.1 Å². The predicted octanol–water partition coefficient (Wildman–Crippen LogP) is 4.60. The molecule has 2 N–H and O–H groups in total. The lowest BCUT2D eigenvalue weighted by molar-refractivity contribution is 0.0636. The van der Waals surface area contributed by atoms with Gasteiger partial charge in [0.25, 0.3) is 0 Å². The summed E-state index contributed by atoms with van der Waals surface area (Å²) >= 11 is 0. The van der Waals surface area contributed by atoms with Gasteiger partial charge in [-0.15, -0.1) is 0 Å². The van der Waals surface area contributed by atoms with E-state index >= 15 is 0 Å². The van der Waals surface area contributed by atoms with Gasteiger partial charge in [0.1, 0.15) is 5.60 Å². The lowest BCUT2D eigenvalue weighted by Crippen LogP contribution is -2.27. The zero-order valence-corrected chi connectivity index (χ0v) is 15.9. The van der Waals surface area contributed by atoms with Gasteiger partial charge >= 0.3 is 6.09 Å². The van der Waals surface area contributed by atoms with E-state index < -0.39 is 11.7 Å². The molecule has 0 atom stereocenters. The van der Waals surface area contributed by atoms with E-state index in [0.29, 0.717) is 12.2 Å². The Morgan fingerprint density at radius 2 is 1.76 bits per heavy atom. The van der Waals surface area contributed by atoms with Crippen LogP contribution in [-0.2, 0) is 16.8 Å². The van der Waals surface area contributed by atoms with E-state index in [1.165, 1.54) is 0 Å². The van der Waals surface area contributed by atoms with E-state index in [-0.39, 0.29) is 5.54 Å². The first-order valence-corrected chi connectivity index (χ1v) is 8.41. The second kappa shape index (κ2) is 7.17. The molecule has 136 valence electrons. The van der Waals surface area contributed by atoms with Crippen molar-refractivity contribution in [3.05, 3.63) is 42.2 Å². The first kappa shape index (κ1) is 18.8. The van der Waals surface area contributed by atoms with Gasteiger partial charge in [-0.1, -0.05) is 12.1 Å². The van der Waals surface area contributed by atoms with E-state index in [2.05, 4.69) is 36.5 Å². The van der Waals surface area contributed by atoms with Crippen molar-refractivity contribution in [1.82, 2.24) is 9.78 Å². The van der Waals surface area contributed by atoms with Crippen LogP contribution in [0.3, 0.4) is 0 Å². The van der Waals surface area contributed by atoms with Crippen LogP contribution in [0.25, 0.3) is 0 Å². The first-order chi connectivity index (χ1) is 11.5. The fraction of sp³-hybridized carbons (Fsp3) is 0.474. The van der Waals surface area contributed by atoms with Crippen molar-refractivity contribution in [3.8, 4) is 0 Å². The molecule has 0 aliphatic rings. The molecule has 0 aliphatic heterocycles. The Morgan fingerprint density at radius 3 is 2.32 bits per heavy atom. The second-order valence-corrected chi connectivity index (χ2v) is 7.99. The van der Waals surface area contributed by atoms with Gasteiger partial charge in [0.15, 0.2) is 0 Å². The number of rotatable bonds is 4. The summed E-state index contributed by atoms with van der Waals surface area (Å²) in [5.41, 5.74) is 2.00. The third-order valence-electron chi connectivity index (χ3n) is 3.37. The summed E-state index contributed by atoms with van der Waals surface area (Å²) in [5, 5.41) is 10.5. The van der Waals surface area contributed by atoms with Crippen LogP contribution in [0.15, 0.2) is 36.7 Å². The lowest BCUT2D eigenvalue weighted by Gasteiger charge is -2.20. The fourth-order valence-electron chi connectivity index (χ4n) is 2.18. The number of para-hydroxylation sites is 2. The van der Waals surface area contributed by atoms with Crippen molar-refractivity contribution in [3.63, 3.8) is 0 Å². The highest BCUT2D eigenvalue weighted by Gasteiger charge is 2.17. The zero-order chi connectivity index (χ0) is 18.7. The Kier molecular flexibility index (Phi) is 5.40. The minimum atomic E-state index is -0.534. The summed E-state index contributed by atoms with van der Waals surface area (Å²) in [7, 11) is 0. The quantitative estimate of drug-likeness (QED) is 0.851. The molecule has 2 rings (SSSR count). The molecule has 1 amide bonds. The maximum absolute atomic E-state index is 12.0. The molecule has 2 aromatic rings. The monoisotopic (exact) mass is 344 g/mol. The molecule has 25 heavy (non-hydrogen) atoms. The molecule has 0 aliphatic carbocycles. The molecule has 1 aromatic carbocycles. The van der Waals surface area contributed by atoms with Gasteiger partial charge in [-0.25, -0.2) is 4.79 Å². The van der Waals surface area contributed by atoms with Gasteiger partial charge in [-0.05, 0) is 53.7 Å². The number of amides is 1. The summed E-state index contributed by atoms with van der Waals surface area (Å²) in [4.78, 5) is 12.0. The summed E-state index contributed by atoms with van der Waals surface area (Å²) < 4.78 is 7.25. The molecule has 0 saturated carbocycles. The summed E-state index contributed by atoms with van der Waals surface area (Å²) in [6.45, 7) is 12.5. The van der Waals surface area contributed by atoms with Gasteiger partial charge in [-0.2, -0.15) is 5.10 Å². The average Bonchev–Trinajstić information content (AvgIpc) is 2.93. The van der Waals surface area contributed by atoms with E-state index in [1.807, 2.05) is 62.1 Å². The molecule has 6 nitrogen and oxygen atoms in total. The Labute approximate surface area is 149 Å². The fourth-order valence-corrected chi connectivity index (χ4v) is 2.18. The highest BCUT2D eigenvalue weighted by atomic mass is 16.6. The summed E-state index contributed by atoms with van der Waals surface area (Å²) in [6, 6.07) is 7.54. The van der Waals surface area contributed by atoms with E-state index in [1.54, 1.807) is 0 Å². The summed E-state index contributed by atoms with van der Waals surface area (Å²) in [6.07, 6.45) is 3.40. The molecule has 0 bridgehead atoms. The van der Waals surface area contributed by atoms with Gasteiger partial charge in [0, 0.05) is 18.3 Å². The molecule has 0 radical (unpaired) electrons. The maximum atomic E-state index is 12.0. The second-order valence-electron chi connectivity index (χ2n) is 7.99. The van der Waals surface area contributed by atoms with E-state index in [4.69, 9.17) is 4.74 Å². The van der Waals surface area contributed by atoms with Crippen LogP contribution in [0, 0.1) is 0 Å². The molecule has 1 aromatic heterocycles. The third kappa shape index (κ3) is 5.81. The smallest absolute Gasteiger partial charge is 0.412 e. The number of carbonyl (C=O) groups is 1. The van der Waals surface area contributed by atoms with Gasteiger partial charge in [0.2, 0.25) is 0 Å². The van der Waals surface area contributed by atoms with Gasteiger partial charge in [0.05, 0.1) is 23.1 Å². The summed E-state index contributed by atoms with van der Waals surface area (Å²) in [5.74, 6) is 0. The number of benzene rings is 1. The Morgan fingerprint density at radius 1 is 1.12 bits per heavy atom. The minimum Gasteiger partial charge on any atom is -0.444 e. The molecular formula is C19H28N4O2. The standard InChI is InChI=1S/C19H28N4O2/c1-18(2,3)23-13-14(12-21-23)11-20-15-9-7-8-10-16(15)22-17(24)25-19(4,5)6/h7-10,12-13,20H,11H2,1-6H3,(H,22,24). The number of carbonyl (C=O) groups excluding carboxylic acids is 1. The molecule has 0 spiro atoms. The van der Waals surface area contributed by atoms with Crippen LogP contribution in [0.4, 0.5) is 16.2 Å². The van der Waals surface area contributed by atoms with Crippen molar-refractivity contribution in [2.24, 2.45) is 0 Å². The highest BCUT2D eigenvalue weighted by Crippen LogP contribution is 2.23. The molecule has 0 saturated heterocycles.